The summed E-state index contributed by atoms with van der Waals surface area (Å²) < 4.78 is 1.00. The molecule has 1 fully saturated rings. The Kier molecular flexibility index (Phi) is 3.86. The fourth-order valence-corrected chi connectivity index (χ4v) is 2.55. The number of rotatable bonds is 2. The molecule has 3 nitrogen and oxygen atoms in total. The van der Waals surface area contributed by atoms with Crippen LogP contribution in [0.5, 0.6) is 0 Å². The van der Waals surface area contributed by atoms with E-state index in [9.17, 15) is 0 Å². The normalized spacial score (nSPS) is 16.8. The fourth-order valence-electron chi connectivity index (χ4n) is 1.77. The summed E-state index contributed by atoms with van der Waals surface area (Å²) >= 11 is 5.11. The molecule has 2 rings (SSSR count). The number of hydrogen-bond acceptors (Lipinski definition) is 4. The highest BCUT2D eigenvalue weighted by Gasteiger charge is 2.15. The molecule has 82 valence electrons. The summed E-state index contributed by atoms with van der Waals surface area (Å²) in [6.07, 6.45) is 7.73. The molecule has 1 aliphatic rings. The Hall–Kier alpha value is -0.290. The molecular weight excluding hydrogens is 274 g/mol. The van der Waals surface area contributed by atoms with E-state index in [4.69, 9.17) is 0 Å². The molecule has 1 aromatic rings. The average Bonchev–Trinajstić information content (AvgIpc) is 2.31. The number of aromatic nitrogens is 2. The molecule has 0 saturated carbocycles. The van der Waals surface area contributed by atoms with Gasteiger partial charge in [0, 0.05) is 19.3 Å². The molecule has 0 amide bonds. The smallest absolute Gasteiger partial charge is 0.189 e. The molecule has 0 unspecified atom stereocenters. The Bertz CT molecular complexity index is 339. The molecule has 0 radical (unpaired) electrons. The summed E-state index contributed by atoms with van der Waals surface area (Å²) in [6.45, 7) is 2.23. The molecule has 0 spiro atoms. The van der Waals surface area contributed by atoms with Gasteiger partial charge in [0.1, 0.15) is 5.82 Å². The largest absolute Gasteiger partial charge is 0.356 e. The van der Waals surface area contributed by atoms with Gasteiger partial charge in [-0.1, -0.05) is 11.8 Å². The van der Waals surface area contributed by atoms with E-state index in [1.807, 2.05) is 12.5 Å². The molecule has 0 aliphatic carbocycles. The van der Waals surface area contributed by atoms with Crippen LogP contribution >= 0.6 is 27.7 Å². The van der Waals surface area contributed by atoms with Gasteiger partial charge in [-0.15, -0.1) is 0 Å². The lowest BCUT2D eigenvalue weighted by molar-refractivity contribution is 0.570. The molecule has 15 heavy (non-hydrogen) atoms. The van der Waals surface area contributed by atoms with Crippen molar-refractivity contribution < 1.29 is 0 Å². The van der Waals surface area contributed by atoms with Crippen molar-refractivity contribution in [2.45, 2.75) is 24.4 Å². The van der Waals surface area contributed by atoms with Crippen LogP contribution in [0.15, 0.2) is 15.8 Å². The van der Waals surface area contributed by atoms with Crippen LogP contribution < -0.4 is 4.90 Å². The van der Waals surface area contributed by atoms with Gasteiger partial charge >= 0.3 is 0 Å². The maximum Gasteiger partial charge on any atom is 0.189 e. The minimum Gasteiger partial charge on any atom is -0.356 e. The number of anilines is 1. The summed E-state index contributed by atoms with van der Waals surface area (Å²) in [5.74, 6) is 1.05. The van der Waals surface area contributed by atoms with E-state index in [-0.39, 0.29) is 0 Å². The molecule has 0 aromatic carbocycles. The van der Waals surface area contributed by atoms with Gasteiger partial charge in [-0.05, 0) is 41.4 Å². The second-order valence-electron chi connectivity index (χ2n) is 3.58. The first kappa shape index (κ1) is 11.2. The summed E-state index contributed by atoms with van der Waals surface area (Å²) in [5, 5.41) is 0.846. The Morgan fingerprint density at radius 2 is 2.07 bits per heavy atom. The average molecular weight is 288 g/mol. The van der Waals surface area contributed by atoms with Crippen molar-refractivity contribution in [3.05, 3.63) is 10.7 Å². The standard InChI is InChI=1S/C10H14BrN3S/c1-15-10-12-7-8(11)9(13-10)14-5-3-2-4-6-14/h7H,2-6H2,1H3. The third kappa shape index (κ3) is 2.64. The zero-order chi connectivity index (χ0) is 10.7. The van der Waals surface area contributed by atoms with Crippen molar-refractivity contribution in [3.8, 4) is 0 Å². The quantitative estimate of drug-likeness (QED) is 0.618. The van der Waals surface area contributed by atoms with Gasteiger partial charge in [0.15, 0.2) is 5.16 Å². The highest BCUT2D eigenvalue weighted by Crippen LogP contribution is 2.27. The van der Waals surface area contributed by atoms with Crippen LogP contribution in [0.2, 0.25) is 0 Å². The molecule has 0 bridgehead atoms. The lowest BCUT2D eigenvalue weighted by Gasteiger charge is -2.28. The fraction of sp³-hybridized carbons (Fsp3) is 0.600. The first-order valence-electron chi connectivity index (χ1n) is 5.13. The van der Waals surface area contributed by atoms with Crippen LogP contribution in [0.4, 0.5) is 5.82 Å². The SMILES string of the molecule is CSc1ncc(Br)c(N2CCCCC2)n1. The molecule has 1 aliphatic heterocycles. The zero-order valence-electron chi connectivity index (χ0n) is 8.74. The second kappa shape index (κ2) is 5.16. The van der Waals surface area contributed by atoms with E-state index < -0.39 is 0 Å². The maximum atomic E-state index is 4.55. The van der Waals surface area contributed by atoms with Crippen molar-refractivity contribution >= 4 is 33.5 Å². The second-order valence-corrected chi connectivity index (χ2v) is 5.20. The van der Waals surface area contributed by atoms with Gasteiger partial charge in [0.2, 0.25) is 0 Å². The predicted molar refractivity (Wildman–Crippen MR) is 67.6 cm³/mol. The highest BCUT2D eigenvalue weighted by atomic mass is 79.9. The van der Waals surface area contributed by atoms with Crippen molar-refractivity contribution in [1.82, 2.24) is 9.97 Å². The summed E-state index contributed by atoms with van der Waals surface area (Å²) in [5.41, 5.74) is 0. The third-order valence-electron chi connectivity index (χ3n) is 2.54. The molecular formula is C10H14BrN3S. The first-order chi connectivity index (χ1) is 7.31. The monoisotopic (exact) mass is 287 g/mol. The number of thioether (sulfide) groups is 1. The van der Waals surface area contributed by atoms with Crippen molar-refractivity contribution in [2.75, 3.05) is 24.2 Å². The van der Waals surface area contributed by atoms with Gasteiger partial charge in [0.25, 0.3) is 0 Å². The van der Waals surface area contributed by atoms with Gasteiger partial charge < -0.3 is 4.90 Å². The van der Waals surface area contributed by atoms with E-state index >= 15 is 0 Å². The van der Waals surface area contributed by atoms with Crippen LogP contribution in [0.1, 0.15) is 19.3 Å². The van der Waals surface area contributed by atoms with E-state index in [2.05, 4.69) is 30.8 Å². The number of piperidine rings is 1. The lowest BCUT2D eigenvalue weighted by Crippen LogP contribution is -2.30. The highest BCUT2D eigenvalue weighted by molar-refractivity contribution is 9.10. The van der Waals surface area contributed by atoms with E-state index in [0.29, 0.717) is 0 Å². The molecule has 1 aromatic heterocycles. The Morgan fingerprint density at radius 3 is 2.73 bits per heavy atom. The van der Waals surface area contributed by atoms with Crippen LogP contribution in [0.3, 0.4) is 0 Å². The molecule has 5 heteroatoms. The first-order valence-corrected chi connectivity index (χ1v) is 7.14. The lowest BCUT2D eigenvalue weighted by atomic mass is 10.1. The van der Waals surface area contributed by atoms with Crippen LogP contribution in [0, 0.1) is 0 Å². The molecule has 1 saturated heterocycles. The van der Waals surface area contributed by atoms with Gasteiger partial charge in [0.05, 0.1) is 4.47 Å². The Balaban J connectivity index is 2.24. The Labute approximate surface area is 103 Å². The summed E-state index contributed by atoms with van der Waals surface area (Å²) in [4.78, 5) is 11.1. The third-order valence-corrected chi connectivity index (χ3v) is 3.66. The van der Waals surface area contributed by atoms with Gasteiger partial charge in [-0.3, -0.25) is 0 Å². The van der Waals surface area contributed by atoms with E-state index in [1.54, 1.807) is 11.8 Å². The summed E-state index contributed by atoms with van der Waals surface area (Å²) in [6, 6.07) is 0. The van der Waals surface area contributed by atoms with Crippen LogP contribution in [0.25, 0.3) is 0 Å². The van der Waals surface area contributed by atoms with E-state index in [1.165, 1.54) is 19.3 Å². The number of nitrogens with zero attached hydrogens (tertiary/aromatic N) is 3. The van der Waals surface area contributed by atoms with Gasteiger partial charge in [-0.2, -0.15) is 0 Å². The zero-order valence-corrected chi connectivity index (χ0v) is 11.1. The maximum absolute atomic E-state index is 4.55. The molecule has 2 heterocycles. The van der Waals surface area contributed by atoms with Crippen LogP contribution in [-0.4, -0.2) is 29.3 Å². The predicted octanol–water partition coefficient (Wildman–Crippen LogP) is 2.95. The van der Waals surface area contributed by atoms with Crippen molar-refractivity contribution in [1.29, 1.82) is 0 Å². The Morgan fingerprint density at radius 1 is 1.33 bits per heavy atom. The van der Waals surface area contributed by atoms with Crippen molar-refractivity contribution in [2.24, 2.45) is 0 Å². The van der Waals surface area contributed by atoms with Gasteiger partial charge in [-0.25, -0.2) is 9.97 Å². The summed E-state index contributed by atoms with van der Waals surface area (Å²) in [7, 11) is 0. The topological polar surface area (TPSA) is 29.0 Å². The minimum absolute atomic E-state index is 0.846. The van der Waals surface area contributed by atoms with Crippen molar-refractivity contribution in [3.63, 3.8) is 0 Å². The van der Waals surface area contributed by atoms with E-state index in [0.717, 1.165) is 28.5 Å². The molecule has 0 atom stereocenters. The minimum atomic E-state index is 0.846. The number of halogens is 1. The van der Waals surface area contributed by atoms with Crippen LogP contribution in [-0.2, 0) is 0 Å². The number of hydrogen-bond donors (Lipinski definition) is 0. The molecule has 0 N–H and O–H groups in total.